The van der Waals surface area contributed by atoms with Crippen molar-refractivity contribution in [2.75, 3.05) is 11.4 Å². The predicted octanol–water partition coefficient (Wildman–Crippen LogP) is 1.53. The van der Waals surface area contributed by atoms with Crippen molar-refractivity contribution in [3.8, 4) is 0 Å². The van der Waals surface area contributed by atoms with Gasteiger partial charge in [0.25, 0.3) is 0 Å². The molecule has 1 aromatic heterocycles. The van der Waals surface area contributed by atoms with Crippen LogP contribution in [0.4, 0.5) is 5.69 Å². The summed E-state index contributed by atoms with van der Waals surface area (Å²) in [5.41, 5.74) is 7.93. The number of rotatable bonds is 2. The Balaban J connectivity index is 1.86. The van der Waals surface area contributed by atoms with E-state index in [-0.39, 0.29) is 0 Å². The zero-order valence-corrected chi connectivity index (χ0v) is 8.89. The zero-order valence-electron chi connectivity index (χ0n) is 8.89. The Bertz CT molecular complexity index is 364. The normalized spacial score (nSPS) is 28.7. The molecule has 0 aromatic carbocycles. The first-order chi connectivity index (χ1) is 7.36. The zero-order chi connectivity index (χ0) is 10.3. The van der Waals surface area contributed by atoms with Crippen LogP contribution in [-0.4, -0.2) is 17.6 Å². The molecule has 2 aliphatic rings. The number of anilines is 1. The van der Waals surface area contributed by atoms with Gasteiger partial charge in [-0.25, -0.2) is 0 Å². The van der Waals surface area contributed by atoms with Gasteiger partial charge >= 0.3 is 0 Å². The summed E-state index contributed by atoms with van der Waals surface area (Å²) >= 11 is 0. The van der Waals surface area contributed by atoms with Gasteiger partial charge in [-0.1, -0.05) is 0 Å². The van der Waals surface area contributed by atoms with Crippen LogP contribution < -0.4 is 10.6 Å². The Morgan fingerprint density at radius 2 is 2.40 bits per heavy atom. The van der Waals surface area contributed by atoms with Crippen LogP contribution in [0.5, 0.6) is 0 Å². The van der Waals surface area contributed by atoms with Gasteiger partial charge in [-0.15, -0.1) is 0 Å². The highest BCUT2D eigenvalue weighted by Crippen LogP contribution is 2.39. The molecule has 0 radical (unpaired) electrons. The van der Waals surface area contributed by atoms with E-state index in [1.807, 2.05) is 6.20 Å². The van der Waals surface area contributed by atoms with Crippen LogP contribution in [0.15, 0.2) is 18.3 Å². The van der Waals surface area contributed by atoms with E-state index in [0.717, 1.165) is 17.7 Å². The highest BCUT2D eigenvalue weighted by atomic mass is 15.2. The van der Waals surface area contributed by atoms with Crippen LogP contribution in [0.25, 0.3) is 0 Å². The van der Waals surface area contributed by atoms with E-state index in [9.17, 15) is 0 Å². The first-order valence-corrected chi connectivity index (χ1v) is 5.78. The Hall–Kier alpha value is -1.09. The van der Waals surface area contributed by atoms with Gasteiger partial charge in [0.15, 0.2) is 0 Å². The lowest BCUT2D eigenvalue weighted by molar-refractivity contribution is 0.553. The van der Waals surface area contributed by atoms with Gasteiger partial charge < -0.3 is 10.6 Å². The van der Waals surface area contributed by atoms with Crippen LogP contribution >= 0.6 is 0 Å². The highest BCUT2D eigenvalue weighted by Gasteiger charge is 2.37. The number of piperidine rings is 1. The summed E-state index contributed by atoms with van der Waals surface area (Å²) in [6, 6.07) is 5.03. The van der Waals surface area contributed by atoms with Gasteiger partial charge in [0.1, 0.15) is 0 Å². The molecule has 1 aromatic rings. The van der Waals surface area contributed by atoms with Gasteiger partial charge in [-0.3, -0.25) is 4.98 Å². The molecule has 3 rings (SSSR count). The van der Waals surface area contributed by atoms with E-state index in [0.29, 0.717) is 6.54 Å². The van der Waals surface area contributed by atoms with Crippen molar-refractivity contribution in [2.24, 2.45) is 11.7 Å². The molecule has 3 nitrogen and oxygen atoms in total. The minimum absolute atomic E-state index is 0.537. The molecule has 2 heterocycles. The highest BCUT2D eigenvalue weighted by molar-refractivity contribution is 5.49. The summed E-state index contributed by atoms with van der Waals surface area (Å²) in [5.74, 6) is 0.935. The average molecular weight is 203 g/mol. The van der Waals surface area contributed by atoms with Crippen molar-refractivity contribution in [3.05, 3.63) is 24.0 Å². The maximum atomic E-state index is 5.61. The van der Waals surface area contributed by atoms with E-state index >= 15 is 0 Å². The van der Waals surface area contributed by atoms with Crippen LogP contribution in [0.1, 0.15) is 25.0 Å². The Morgan fingerprint density at radius 3 is 3.07 bits per heavy atom. The van der Waals surface area contributed by atoms with Crippen molar-refractivity contribution in [3.63, 3.8) is 0 Å². The van der Waals surface area contributed by atoms with Crippen molar-refractivity contribution in [2.45, 2.75) is 31.8 Å². The maximum Gasteiger partial charge on any atom is 0.0560 e. The standard InChI is InChI=1S/C12H17N3/c13-7-10-6-12(3-4-14-10)15-8-9-1-2-11(15)5-9/h3-4,6,9,11H,1-2,5,7-8,13H2. The first-order valence-electron chi connectivity index (χ1n) is 5.78. The smallest absolute Gasteiger partial charge is 0.0560 e. The Kier molecular flexibility index (Phi) is 2.13. The summed E-state index contributed by atoms with van der Waals surface area (Å²) < 4.78 is 0. The molecule has 0 spiro atoms. The number of fused-ring (bicyclic) bond motifs is 2. The van der Waals surface area contributed by atoms with E-state index in [1.165, 1.54) is 31.5 Å². The van der Waals surface area contributed by atoms with Crippen LogP contribution in [0.2, 0.25) is 0 Å². The molecule has 1 aliphatic carbocycles. The monoisotopic (exact) mass is 203 g/mol. The second-order valence-electron chi connectivity index (χ2n) is 4.69. The molecule has 1 saturated heterocycles. The molecule has 2 N–H and O–H groups in total. The van der Waals surface area contributed by atoms with Crippen LogP contribution in [0, 0.1) is 5.92 Å². The molecule has 1 saturated carbocycles. The van der Waals surface area contributed by atoms with Crippen molar-refractivity contribution >= 4 is 5.69 Å². The van der Waals surface area contributed by atoms with E-state index in [4.69, 9.17) is 5.73 Å². The molecule has 80 valence electrons. The Labute approximate surface area is 90.3 Å². The fourth-order valence-corrected chi connectivity index (χ4v) is 3.00. The summed E-state index contributed by atoms with van der Waals surface area (Å²) in [6.45, 7) is 1.77. The molecule has 2 unspecified atom stereocenters. The number of hydrogen-bond acceptors (Lipinski definition) is 3. The largest absolute Gasteiger partial charge is 0.368 e. The molecular weight excluding hydrogens is 186 g/mol. The molecule has 2 bridgehead atoms. The summed E-state index contributed by atoms with van der Waals surface area (Å²) in [7, 11) is 0. The average Bonchev–Trinajstić information content (AvgIpc) is 2.91. The number of pyridine rings is 1. The maximum absolute atomic E-state index is 5.61. The lowest BCUT2D eigenvalue weighted by Gasteiger charge is -2.29. The first kappa shape index (κ1) is 9.16. The lowest BCUT2D eigenvalue weighted by atomic mass is 10.1. The quantitative estimate of drug-likeness (QED) is 0.792. The predicted molar refractivity (Wildman–Crippen MR) is 60.6 cm³/mol. The van der Waals surface area contributed by atoms with Crippen molar-refractivity contribution < 1.29 is 0 Å². The van der Waals surface area contributed by atoms with E-state index in [1.54, 1.807) is 0 Å². The number of nitrogens with zero attached hydrogens (tertiary/aromatic N) is 2. The van der Waals surface area contributed by atoms with Gasteiger partial charge in [0.2, 0.25) is 0 Å². The van der Waals surface area contributed by atoms with Crippen molar-refractivity contribution in [1.29, 1.82) is 0 Å². The summed E-state index contributed by atoms with van der Waals surface area (Å²) in [6.07, 6.45) is 6.06. The van der Waals surface area contributed by atoms with E-state index in [2.05, 4.69) is 22.0 Å². The summed E-state index contributed by atoms with van der Waals surface area (Å²) in [4.78, 5) is 6.78. The van der Waals surface area contributed by atoms with E-state index < -0.39 is 0 Å². The summed E-state index contributed by atoms with van der Waals surface area (Å²) in [5, 5.41) is 0. The van der Waals surface area contributed by atoms with Gasteiger partial charge in [-0.05, 0) is 37.3 Å². The van der Waals surface area contributed by atoms with Crippen molar-refractivity contribution in [1.82, 2.24) is 4.98 Å². The fourth-order valence-electron chi connectivity index (χ4n) is 3.00. The number of hydrogen-bond donors (Lipinski definition) is 1. The third kappa shape index (κ3) is 1.51. The molecule has 0 amide bonds. The second kappa shape index (κ2) is 3.49. The number of aromatic nitrogens is 1. The minimum atomic E-state index is 0.537. The molecule has 2 atom stereocenters. The van der Waals surface area contributed by atoms with Crippen LogP contribution in [0.3, 0.4) is 0 Å². The van der Waals surface area contributed by atoms with Gasteiger partial charge in [0.05, 0.1) is 5.69 Å². The number of nitrogens with two attached hydrogens (primary N) is 1. The third-order valence-corrected chi connectivity index (χ3v) is 3.75. The minimum Gasteiger partial charge on any atom is -0.368 e. The van der Waals surface area contributed by atoms with Crippen LogP contribution in [-0.2, 0) is 6.54 Å². The Morgan fingerprint density at radius 1 is 1.47 bits per heavy atom. The topological polar surface area (TPSA) is 42.1 Å². The van der Waals surface area contributed by atoms with Gasteiger partial charge in [-0.2, -0.15) is 0 Å². The lowest BCUT2D eigenvalue weighted by Crippen LogP contribution is -2.31. The molecular formula is C12H17N3. The molecule has 15 heavy (non-hydrogen) atoms. The third-order valence-electron chi connectivity index (χ3n) is 3.75. The molecule has 2 fully saturated rings. The second-order valence-corrected chi connectivity index (χ2v) is 4.69. The van der Waals surface area contributed by atoms with Gasteiger partial charge in [0, 0.05) is 31.0 Å². The SMILES string of the molecule is NCc1cc(N2CC3CCC2C3)ccn1. The molecule has 3 heteroatoms. The molecule has 1 aliphatic heterocycles. The fraction of sp³-hybridized carbons (Fsp3) is 0.583.